The largest absolute Gasteiger partial charge is 0.368 e. The van der Waals surface area contributed by atoms with E-state index in [1.54, 1.807) is 6.07 Å². The molecule has 2 saturated heterocycles. The fourth-order valence-corrected chi connectivity index (χ4v) is 4.31. The minimum Gasteiger partial charge on any atom is -0.368 e. The predicted octanol–water partition coefficient (Wildman–Crippen LogP) is 5.04. The number of hydrogen-bond donors (Lipinski definition) is 0. The number of ether oxygens (including phenoxy) is 4. The number of benzene rings is 1. The fourth-order valence-electron chi connectivity index (χ4n) is 3.93. The van der Waals surface area contributed by atoms with Crippen molar-refractivity contribution >= 4 is 29.3 Å². The molecular formula is C22H30Cl2O6. The van der Waals surface area contributed by atoms with Crippen LogP contribution in [-0.2, 0) is 34.6 Å². The van der Waals surface area contributed by atoms with Gasteiger partial charge in [-0.1, -0.05) is 63.4 Å². The van der Waals surface area contributed by atoms with E-state index < -0.39 is 36.5 Å². The summed E-state index contributed by atoms with van der Waals surface area (Å²) in [5.41, 5.74) is 0.828. The van der Waals surface area contributed by atoms with Gasteiger partial charge in [0.05, 0.1) is 18.5 Å². The summed E-state index contributed by atoms with van der Waals surface area (Å²) < 4.78 is 29.9. The Kier molecular flexibility index (Phi) is 8.18. The van der Waals surface area contributed by atoms with E-state index in [-0.39, 0.29) is 18.3 Å². The lowest BCUT2D eigenvalue weighted by molar-refractivity contribution is -0.242. The normalized spacial score (nSPS) is 31.8. The third kappa shape index (κ3) is 4.70. The zero-order chi connectivity index (χ0) is 21.9. The van der Waals surface area contributed by atoms with Crippen molar-refractivity contribution in [1.82, 2.24) is 0 Å². The molecule has 2 aliphatic heterocycles. The SMILES string of the molecule is CCCC[C@H](OCl)[C@H]1O[C@]2(C(C)=O)OC(C(C)C)O[C@@H]2[C@H]1OCc1ccccc1Cl. The highest BCUT2D eigenvalue weighted by Crippen LogP contribution is 2.46. The summed E-state index contributed by atoms with van der Waals surface area (Å²) in [4.78, 5) is 12.7. The van der Waals surface area contributed by atoms with Gasteiger partial charge < -0.3 is 18.9 Å². The van der Waals surface area contributed by atoms with E-state index >= 15 is 0 Å². The third-order valence-corrected chi connectivity index (χ3v) is 6.22. The van der Waals surface area contributed by atoms with Crippen LogP contribution in [0.3, 0.4) is 0 Å². The van der Waals surface area contributed by atoms with E-state index in [1.807, 2.05) is 32.0 Å². The Labute approximate surface area is 188 Å². The quantitative estimate of drug-likeness (QED) is 0.487. The lowest BCUT2D eigenvalue weighted by Gasteiger charge is -2.29. The van der Waals surface area contributed by atoms with Gasteiger partial charge in [0.15, 0.2) is 18.2 Å². The van der Waals surface area contributed by atoms with Crippen LogP contribution in [0.15, 0.2) is 24.3 Å². The van der Waals surface area contributed by atoms with Crippen molar-refractivity contribution in [3.63, 3.8) is 0 Å². The number of halogens is 2. The average Bonchev–Trinajstić information content (AvgIpc) is 3.23. The van der Waals surface area contributed by atoms with Gasteiger partial charge in [0.25, 0.3) is 5.79 Å². The van der Waals surface area contributed by atoms with E-state index in [0.717, 1.165) is 18.4 Å². The van der Waals surface area contributed by atoms with Crippen LogP contribution in [0.2, 0.25) is 5.02 Å². The van der Waals surface area contributed by atoms with Gasteiger partial charge in [-0.2, -0.15) is 0 Å². The molecule has 6 atom stereocenters. The maximum Gasteiger partial charge on any atom is 0.261 e. The molecule has 2 fully saturated rings. The highest BCUT2D eigenvalue weighted by atomic mass is 35.5. The van der Waals surface area contributed by atoms with Crippen molar-refractivity contribution in [3.05, 3.63) is 34.9 Å². The second-order valence-electron chi connectivity index (χ2n) is 8.23. The number of fused-ring (bicyclic) bond motifs is 1. The molecule has 2 aliphatic rings. The number of carbonyl (C=O) groups excluding carboxylic acids is 1. The molecule has 30 heavy (non-hydrogen) atoms. The topological polar surface area (TPSA) is 63.2 Å². The first-order valence-electron chi connectivity index (χ1n) is 10.5. The van der Waals surface area contributed by atoms with Crippen molar-refractivity contribution in [3.8, 4) is 0 Å². The lowest BCUT2D eigenvalue weighted by atomic mass is 9.97. The second-order valence-corrected chi connectivity index (χ2v) is 8.82. The average molecular weight is 461 g/mol. The smallest absolute Gasteiger partial charge is 0.261 e. The van der Waals surface area contributed by atoms with Gasteiger partial charge >= 0.3 is 0 Å². The number of carbonyl (C=O) groups is 1. The molecule has 0 amide bonds. The standard InChI is InChI=1S/C22H30Cl2O6/c1-5-6-11-17(30-24)18-19(26-12-15-9-7-8-10-16(15)23)20-22(28-18,14(4)25)29-21(27-20)13(2)3/h7-10,13,17-21H,5-6,11-12H2,1-4H3/t17-,18+,19-,20+,21?,22+/m0/s1. The molecule has 0 aromatic heterocycles. The monoisotopic (exact) mass is 460 g/mol. The third-order valence-electron chi connectivity index (χ3n) is 5.63. The second kappa shape index (κ2) is 10.3. The minimum atomic E-state index is -1.54. The molecule has 0 N–H and O–H groups in total. The Bertz CT molecular complexity index is 729. The van der Waals surface area contributed by atoms with Crippen LogP contribution in [0.25, 0.3) is 0 Å². The Balaban J connectivity index is 1.89. The maximum absolute atomic E-state index is 12.7. The van der Waals surface area contributed by atoms with Gasteiger partial charge in [-0.15, -0.1) is 0 Å². The van der Waals surface area contributed by atoms with E-state index in [1.165, 1.54) is 6.92 Å². The number of Topliss-reactive ketones (excluding diaryl/α,β-unsaturated/α-hetero) is 1. The van der Waals surface area contributed by atoms with Crippen LogP contribution in [0, 0.1) is 5.92 Å². The first-order valence-corrected chi connectivity index (χ1v) is 11.2. The van der Waals surface area contributed by atoms with Crippen molar-refractivity contribution in [2.75, 3.05) is 0 Å². The molecule has 2 heterocycles. The number of ketones is 1. The van der Waals surface area contributed by atoms with Gasteiger partial charge in [0, 0.05) is 17.9 Å². The Morgan fingerprint density at radius 2 is 2.00 bits per heavy atom. The van der Waals surface area contributed by atoms with Gasteiger partial charge in [0.1, 0.15) is 18.3 Å². The van der Waals surface area contributed by atoms with E-state index in [2.05, 4.69) is 6.92 Å². The number of hydrogen-bond acceptors (Lipinski definition) is 6. The van der Waals surface area contributed by atoms with Crippen LogP contribution in [0.1, 0.15) is 52.5 Å². The Morgan fingerprint density at radius 3 is 2.60 bits per heavy atom. The minimum absolute atomic E-state index is 0.0401. The summed E-state index contributed by atoms with van der Waals surface area (Å²) in [5, 5.41) is 0.602. The number of unbranched alkanes of at least 4 members (excludes halogenated alkanes) is 1. The highest BCUT2D eigenvalue weighted by Gasteiger charge is 2.67. The van der Waals surface area contributed by atoms with Gasteiger partial charge in [-0.05, 0) is 18.1 Å². The lowest BCUT2D eigenvalue weighted by Crippen LogP contribution is -2.47. The van der Waals surface area contributed by atoms with E-state index in [4.69, 9.17) is 46.7 Å². The van der Waals surface area contributed by atoms with Crippen LogP contribution >= 0.6 is 23.5 Å². The van der Waals surface area contributed by atoms with Crippen molar-refractivity contribution in [1.29, 1.82) is 0 Å². The molecule has 0 bridgehead atoms. The summed E-state index contributed by atoms with van der Waals surface area (Å²) in [5.74, 6) is -1.77. The van der Waals surface area contributed by atoms with Crippen LogP contribution in [0.4, 0.5) is 0 Å². The van der Waals surface area contributed by atoms with Crippen molar-refractivity contribution < 1.29 is 28.0 Å². The van der Waals surface area contributed by atoms with Gasteiger partial charge in [0.2, 0.25) is 0 Å². The molecule has 1 aromatic rings. The summed E-state index contributed by atoms with van der Waals surface area (Å²) in [7, 11) is 0. The molecule has 0 spiro atoms. The zero-order valence-corrected chi connectivity index (χ0v) is 19.3. The van der Waals surface area contributed by atoms with E-state index in [9.17, 15) is 4.79 Å². The Hall–Kier alpha value is -0.730. The molecule has 1 unspecified atom stereocenters. The molecular weight excluding hydrogens is 431 g/mol. The Morgan fingerprint density at radius 1 is 1.27 bits per heavy atom. The molecule has 168 valence electrons. The molecule has 0 saturated carbocycles. The van der Waals surface area contributed by atoms with Crippen molar-refractivity contribution in [2.24, 2.45) is 5.92 Å². The van der Waals surface area contributed by atoms with Crippen LogP contribution in [0.5, 0.6) is 0 Å². The molecule has 1 aromatic carbocycles. The summed E-state index contributed by atoms with van der Waals surface area (Å²) in [6.45, 7) is 7.67. The fraction of sp³-hybridized carbons (Fsp3) is 0.682. The maximum atomic E-state index is 12.7. The van der Waals surface area contributed by atoms with Gasteiger partial charge in [-0.3, -0.25) is 9.08 Å². The predicted molar refractivity (Wildman–Crippen MR) is 113 cm³/mol. The van der Waals surface area contributed by atoms with Crippen LogP contribution in [-0.4, -0.2) is 42.3 Å². The molecule has 8 heteroatoms. The number of rotatable bonds is 10. The van der Waals surface area contributed by atoms with Crippen molar-refractivity contribution in [2.45, 2.75) is 90.1 Å². The molecule has 3 rings (SSSR count). The first-order chi connectivity index (χ1) is 14.3. The zero-order valence-electron chi connectivity index (χ0n) is 17.8. The summed E-state index contributed by atoms with van der Waals surface area (Å²) in [6.07, 6.45) is -0.503. The molecule has 6 nitrogen and oxygen atoms in total. The van der Waals surface area contributed by atoms with E-state index in [0.29, 0.717) is 11.4 Å². The molecule has 0 aliphatic carbocycles. The van der Waals surface area contributed by atoms with Gasteiger partial charge in [-0.25, -0.2) is 0 Å². The van der Waals surface area contributed by atoms with Crippen LogP contribution < -0.4 is 0 Å². The summed E-state index contributed by atoms with van der Waals surface area (Å²) in [6, 6.07) is 7.44. The molecule has 0 radical (unpaired) electrons. The highest BCUT2D eigenvalue weighted by molar-refractivity contribution is 6.31. The summed E-state index contributed by atoms with van der Waals surface area (Å²) >= 11 is 12.1. The first kappa shape index (κ1) is 23.9.